The van der Waals surface area contributed by atoms with E-state index < -0.39 is 0 Å². The smallest absolute Gasteiger partial charge is 0.0615 e. The number of hydrogen-bond acceptors (Lipinski definition) is 4. The number of rotatable bonds is 10. The molecule has 0 aromatic carbocycles. The van der Waals surface area contributed by atoms with E-state index in [1.165, 1.54) is 0 Å². The van der Waals surface area contributed by atoms with Crippen molar-refractivity contribution in [2.24, 2.45) is 0 Å². The molecule has 0 spiro atoms. The first-order chi connectivity index (χ1) is 6.85. The number of ether oxygens (including phenoxy) is 1. The normalized spacial score (nSPS) is 13.1. The molecule has 4 heteroatoms. The lowest BCUT2D eigenvalue weighted by Crippen LogP contribution is -2.34. The Hall–Kier alpha value is 0.230. The average Bonchev–Trinajstić information content (AvgIpc) is 2.21. The minimum Gasteiger partial charge on any atom is -0.396 e. The molecule has 0 rings (SSSR count). The fourth-order valence-corrected chi connectivity index (χ4v) is 1.93. The number of nitrogens with one attached hydrogen (secondary N) is 1. The summed E-state index contributed by atoms with van der Waals surface area (Å²) < 4.78 is 5.09. The van der Waals surface area contributed by atoms with Crippen LogP contribution in [-0.2, 0) is 4.74 Å². The van der Waals surface area contributed by atoms with Gasteiger partial charge in [0.05, 0.1) is 6.61 Å². The van der Waals surface area contributed by atoms with Crippen LogP contribution >= 0.6 is 11.8 Å². The highest BCUT2D eigenvalue weighted by Gasteiger charge is 2.03. The molecule has 0 heterocycles. The van der Waals surface area contributed by atoms with Crippen LogP contribution in [0.5, 0.6) is 0 Å². The van der Waals surface area contributed by atoms with Gasteiger partial charge in [0.1, 0.15) is 0 Å². The van der Waals surface area contributed by atoms with E-state index >= 15 is 0 Å². The van der Waals surface area contributed by atoms with Gasteiger partial charge in [0.25, 0.3) is 0 Å². The van der Waals surface area contributed by atoms with Crippen LogP contribution in [0.1, 0.15) is 19.8 Å². The van der Waals surface area contributed by atoms with E-state index in [9.17, 15) is 0 Å². The van der Waals surface area contributed by atoms with Gasteiger partial charge in [0, 0.05) is 32.1 Å². The van der Waals surface area contributed by atoms with E-state index in [2.05, 4.69) is 12.2 Å². The van der Waals surface area contributed by atoms with E-state index in [1.54, 1.807) is 7.11 Å². The van der Waals surface area contributed by atoms with E-state index in [1.807, 2.05) is 11.8 Å². The Morgan fingerprint density at radius 2 is 2.21 bits per heavy atom. The second kappa shape index (κ2) is 11.3. The summed E-state index contributed by atoms with van der Waals surface area (Å²) in [7, 11) is 1.74. The predicted molar refractivity (Wildman–Crippen MR) is 63.0 cm³/mol. The highest BCUT2D eigenvalue weighted by atomic mass is 32.2. The van der Waals surface area contributed by atoms with E-state index in [0.717, 1.165) is 37.5 Å². The lowest BCUT2D eigenvalue weighted by Gasteiger charge is -2.15. The molecule has 3 nitrogen and oxygen atoms in total. The molecule has 1 unspecified atom stereocenters. The fraction of sp³-hybridized carbons (Fsp3) is 1.00. The molecule has 0 amide bonds. The van der Waals surface area contributed by atoms with Gasteiger partial charge < -0.3 is 15.2 Å². The average molecular weight is 221 g/mol. The molecule has 0 aromatic heterocycles. The quantitative estimate of drug-likeness (QED) is 0.542. The first-order valence-electron chi connectivity index (χ1n) is 5.26. The molecule has 14 heavy (non-hydrogen) atoms. The summed E-state index contributed by atoms with van der Waals surface area (Å²) in [6.45, 7) is 4.28. The van der Waals surface area contributed by atoms with Crippen molar-refractivity contribution in [1.82, 2.24) is 5.32 Å². The van der Waals surface area contributed by atoms with Gasteiger partial charge in [-0.3, -0.25) is 0 Å². The third kappa shape index (κ3) is 8.81. The van der Waals surface area contributed by atoms with Crippen LogP contribution in [0, 0.1) is 0 Å². The molecule has 0 saturated carbocycles. The zero-order chi connectivity index (χ0) is 10.6. The Morgan fingerprint density at radius 1 is 1.43 bits per heavy atom. The van der Waals surface area contributed by atoms with Crippen LogP contribution in [0.2, 0.25) is 0 Å². The minimum absolute atomic E-state index is 0.307. The summed E-state index contributed by atoms with van der Waals surface area (Å²) >= 11 is 1.89. The second-order valence-corrected chi connectivity index (χ2v) is 4.43. The molecule has 2 N–H and O–H groups in total. The Labute approximate surface area is 91.6 Å². The van der Waals surface area contributed by atoms with Gasteiger partial charge in [0.2, 0.25) is 0 Å². The van der Waals surface area contributed by atoms with E-state index in [-0.39, 0.29) is 0 Å². The molecule has 0 bridgehead atoms. The topological polar surface area (TPSA) is 41.5 Å². The van der Waals surface area contributed by atoms with E-state index in [4.69, 9.17) is 9.84 Å². The van der Waals surface area contributed by atoms with Crippen LogP contribution < -0.4 is 5.32 Å². The lowest BCUT2D eigenvalue weighted by atomic mass is 10.2. The molecule has 0 aliphatic rings. The highest BCUT2D eigenvalue weighted by Crippen LogP contribution is 2.00. The number of hydrogen-bond donors (Lipinski definition) is 2. The van der Waals surface area contributed by atoms with Crippen molar-refractivity contribution in [2.45, 2.75) is 25.8 Å². The first-order valence-corrected chi connectivity index (χ1v) is 6.41. The van der Waals surface area contributed by atoms with Gasteiger partial charge in [-0.1, -0.05) is 6.92 Å². The molecule has 0 radical (unpaired) electrons. The molecule has 0 aliphatic carbocycles. The SMILES string of the molecule is CCC(COC)NCCSCCCO. The van der Waals surface area contributed by atoms with Crippen molar-refractivity contribution < 1.29 is 9.84 Å². The standard InChI is InChI=1S/C10H23NO2S/c1-3-10(9-13-2)11-5-8-14-7-4-6-12/h10-12H,3-9H2,1-2H3. The fourth-order valence-electron chi connectivity index (χ4n) is 1.13. The maximum absolute atomic E-state index is 8.57. The van der Waals surface area contributed by atoms with E-state index in [0.29, 0.717) is 12.6 Å². The zero-order valence-electron chi connectivity index (χ0n) is 9.29. The summed E-state index contributed by atoms with van der Waals surface area (Å²) in [6, 6.07) is 0.485. The van der Waals surface area contributed by atoms with Crippen LogP contribution in [0.4, 0.5) is 0 Å². The van der Waals surface area contributed by atoms with Crippen LogP contribution in [0.3, 0.4) is 0 Å². The predicted octanol–water partition coefficient (Wildman–Crippen LogP) is 1.12. The third-order valence-corrected chi connectivity index (χ3v) is 3.06. The summed E-state index contributed by atoms with van der Waals surface area (Å²) in [5.74, 6) is 2.17. The number of aliphatic hydroxyl groups is 1. The minimum atomic E-state index is 0.307. The molecule has 0 aliphatic heterocycles. The van der Waals surface area contributed by atoms with Crippen LogP contribution in [0.15, 0.2) is 0 Å². The molecular weight excluding hydrogens is 198 g/mol. The summed E-state index contributed by atoms with van der Waals surface area (Å²) in [6.07, 6.45) is 2.01. The molecule has 1 atom stereocenters. The van der Waals surface area contributed by atoms with Gasteiger partial charge in [-0.2, -0.15) is 11.8 Å². The third-order valence-electron chi connectivity index (χ3n) is 1.99. The van der Waals surface area contributed by atoms with Crippen molar-refractivity contribution in [2.75, 3.05) is 38.4 Å². The maximum atomic E-state index is 8.57. The summed E-state index contributed by atoms with van der Waals surface area (Å²) in [5, 5.41) is 12.0. The first kappa shape index (κ1) is 14.2. The van der Waals surface area contributed by atoms with Crippen LogP contribution in [-0.4, -0.2) is 49.5 Å². The number of thioether (sulfide) groups is 1. The van der Waals surface area contributed by atoms with Crippen molar-refractivity contribution in [1.29, 1.82) is 0 Å². The summed E-state index contributed by atoms with van der Waals surface area (Å²) in [5.41, 5.74) is 0. The van der Waals surface area contributed by atoms with Gasteiger partial charge in [-0.25, -0.2) is 0 Å². The zero-order valence-corrected chi connectivity index (χ0v) is 10.1. The number of methoxy groups -OCH3 is 1. The Balaban J connectivity index is 3.15. The largest absolute Gasteiger partial charge is 0.396 e. The van der Waals surface area contributed by atoms with Crippen molar-refractivity contribution in [3.8, 4) is 0 Å². The molecule has 0 fully saturated rings. The van der Waals surface area contributed by atoms with Crippen molar-refractivity contribution in [3.05, 3.63) is 0 Å². The Morgan fingerprint density at radius 3 is 2.79 bits per heavy atom. The Kier molecular flexibility index (Phi) is 11.5. The monoisotopic (exact) mass is 221 g/mol. The Bertz CT molecular complexity index is 114. The molecule has 86 valence electrons. The van der Waals surface area contributed by atoms with Gasteiger partial charge >= 0.3 is 0 Å². The van der Waals surface area contributed by atoms with Gasteiger partial charge in [-0.15, -0.1) is 0 Å². The lowest BCUT2D eigenvalue weighted by molar-refractivity contribution is 0.165. The van der Waals surface area contributed by atoms with Crippen molar-refractivity contribution >= 4 is 11.8 Å². The molecule has 0 aromatic rings. The second-order valence-electron chi connectivity index (χ2n) is 3.20. The van der Waals surface area contributed by atoms with Gasteiger partial charge in [0.15, 0.2) is 0 Å². The van der Waals surface area contributed by atoms with Gasteiger partial charge in [-0.05, 0) is 18.6 Å². The highest BCUT2D eigenvalue weighted by molar-refractivity contribution is 7.99. The van der Waals surface area contributed by atoms with Crippen molar-refractivity contribution in [3.63, 3.8) is 0 Å². The summed E-state index contributed by atoms with van der Waals surface area (Å²) in [4.78, 5) is 0. The maximum Gasteiger partial charge on any atom is 0.0615 e. The van der Waals surface area contributed by atoms with Crippen LogP contribution in [0.25, 0.3) is 0 Å². The number of aliphatic hydroxyl groups excluding tert-OH is 1. The molecular formula is C10H23NO2S. The molecule has 0 saturated heterocycles.